The van der Waals surface area contributed by atoms with Gasteiger partial charge in [0.25, 0.3) is 17.5 Å². The van der Waals surface area contributed by atoms with Gasteiger partial charge in [0.15, 0.2) is 0 Å². The molecule has 1 fully saturated rings. The van der Waals surface area contributed by atoms with E-state index in [0.717, 1.165) is 0 Å². The van der Waals surface area contributed by atoms with E-state index in [1.807, 2.05) is 0 Å². The van der Waals surface area contributed by atoms with Crippen molar-refractivity contribution in [3.63, 3.8) is 0 Å². The summed E-state index contributed by atoms with van der Waals surface area (Å²) < 4.78 is 13.4. The zero-order valence-corrected chi connectivity index (χ0v) is 19.2. The number of nitrogens with zero attached hydrogens (tertiary/aromatic N) is 6. The molecule has 0 radical (unpaired) electrons. The van der Waals surface area contributed by atoms with Crippen LogP contribution in [-0.4, -0.2) is 77.7 Å². The molecule has 2 aromatic carbocycles. The Morgan fingerprint density at radius 1 is 1.20 bits per heavy atom. The Hall–Kier alpha value is -3.99. The highest BCUT2D eigenvalue weighted by Crippen LogP contribution is 2.25. The van der Waals surface area contributed by atoms with Gasteiger partial charge in [-0.3, -0.25) is 29.6 Å². The first-order valence-electron chi connectivity index (χ1n) is 11.2. The van der Waals surface area contributed by atoms with Crippen LogP contribution >= 0.6 is 0 Å². The molecule has 182 valence electrons. The van der Waals surface area contributed by atoms with E-state index < -0.39 is 16.7 Å². The quantitative estimate of drug-likeness (QED) is 0.344. The van der Waals surface area contributed by atoms with Gasteiger partial charge in [-0.15, -0.1) is 0 Å². The second kappa shape index (κ2) is 10.5. The minimum absolute atomic E-state index is 0.0571. The molecule has 4 rings (SSSR count). The Kier molecular flexibility index (Phi) is 7.25. The van der Waals surface area contributed by atoms with Gasteiger partial charge >= 0.3 is 0 Å². The van der Waals surface area contributed by atoms with Crippen LogP contribution in [0.1, 0.15) is 17.3 Å². The van der Waals surface area contributed by atoms with Crippen LogP contribution in [0.15, 0.2) is 58.6 Å². The molecule has 0 bridgehead atoms. The zero-order valence-electron chi connectivity index (χ0n) is 19.2. The highest BCUT2D eigenvalue weighted by molar-refractivity contribution is 6.23. The summed E-state index contributed by atoms with van der Waals surface area (Å²) in [7, 11) is 0. The molecule has 10 nitrogen and oxygen atoms in total. The van der Waals surface area contributed by atoms with Crippen molar-refractivity contribution in [2.75, 3.05) is 44.3 Å². The fourth-order valence-corrected chi connectivity index (χ4v) is 4.01. The smallest absolute Gasteiger partial charge is 0.269 e. The number of non-ortho nitro benzene ring substituents is 1. The first kappa shape index (κ1) is 24.1. The second-order valence-electron chi connectivity index (χ2n) is 8.34. The summed E-state index contributed by atoms with van der Waals surface area (Å²) in [5.74, 6) is -1.44. The van der Waals surface area contributed by atoms with Crippen LogP contribution in [0, 0.1) is 21.8 Å². The molecule has 1 saturated heterocycles. The molecule has 2 amide bonds. The molecule has 0 aliphatic carbocycles. The molecular formula is C24H25FN6O4. The number of amides is 2. The maximum absolute atomic E-state index is 13.4. The number of rotatable bonds is 7. The SMILES string of the molecule is CC1=NN(c2ccc([N+](=O)[O-])cc2)C(=O)[C@H]1C=NCCN1CCN(C(=O)c2cccc(F)c2)CC1. The van der Waals surface area contributed by atoms with E-state index in [1.165, 1.54) is 47.5 Å². The third-order valence-corrected chi connectivity index (χ3v) is 6.02. The predicted octanol–water partition coefficient (Wildman–Crippen LogP) is 2.60. The van der Waals surface area contributed by atoms with Crippen LogP contribution in [0.2, 0.25) is 0 Å². The van der Waals surface area contributed by atoms with Crippen molar-refractivity contribution in [3.05, 3.63) is 70.0 Å². The number of carbonyl (C=O) groups is 2. The van der Waals surface area contributed by atoms with E-state index in [0.29, 0.717) is 56.2 Å². The van der Waals surface area contributed by atoms with Crippen molar-refractivity contribution in [2.24, 2.45) is 16.0 Å². The minimum Gasteiger partial charge on any atom is -0.336 e. The number of hydrazone groups is 1. The van der Waals surface area contributed by atoms with Gasteiger partial charge in [0.1, 0.15) is 11.7 Å². The summed E-state index contributed by atoms with van der Waals surface area (Å²) in [6.45, 7) is 5.40. The lowest BCUT2D eigenvalue weighted by Crippen LogP contribution is -2.49. The van der Waals surface area contributed by atoms with Crippen molar-refractivity contribution in [2.45, 2.75) is 6.92 Å². The standard InChI is InChI=1S/C24H25FN6O4/c1-17-22(24(33)30(27-17)20-5-7-21(8-6-20)31(34)35)16-26-9-10-28-11-13-29(14-12-28)23(32)18-3-2-4-19(25)15-18/h2-8,15-16,22H,9-14H2,1H3/t22-/m0/s1. The number of nitro benzene ring substituents is 1. The van der Waals surface area contributed by atoms with Crippen LogP contribution < -0.4 is 5.01 Å². The van der Waals surface area contributed by atoms with Crippen molar-refractivity contribution in [3.8, 4) is 0 Å². The number of halogens is 1. The van der Waals surface area contributed by atoms with Crippen LogP contribution in [-0.2, 0) is 4.79 Å². The Bertz CT molecular complexity index is 1170. The number of nitro groups is 1. The number of anilines is 1. The summed E-state index contributed by atoms with van der Waals surface area (Å²) in [4.78, 5) is 44.0. The molecule has 2 aliphatic heterocycles. The molecule has 1 atom stereocenters. The molecular weight excluding hydrogens is 455 g/mol. The van der Waals surface area contributed by atoms with Gasteiger partial charge in [-0.25, -0.2) is 4.39 Å². The van der Waals surface area contributed by atoms with Gasteiger partial charge in [0.2, 0.25) is 0 Å². The normalized spacial score (nSPS) is 18.9. The molecule has 2 heterocycles. The van der Waals surface area contributed by atoms with E-state index in [2.05, 4.69) is 15.0 Å². The molecule has 2 aliphatic rings. The van der Waals surface area contributed by atoms with Gasteiger partial charge in [-0.1, -0.05) is 6.07 Å². The first-order chi connectivity index (χ1) is 16.8. The van der Waals surface area contributed by atoms with Crippen molar-refractivity contribution < 1.29 is 18.9 Å². The highest BCUT2D eigenvalue weighted by Gasteiger charge is 2.33. The molecule has 0 aromatic heterocycles. The van der Waals surface area contributed by atoms with E-state index in [1.54, 1.807) is 24.1 Å². The van der Waals surface area contributed by atoms with Gasteiger partial charge < -0.3 is 4.90 Å². The number of benzene rings is 2. The Balaban J connectivity index is 1.24. The maximum Gasteiger partial charge on any atom is 0.269 e. The summed E-state index contributed by atoms with van der Waals surface area (Å²) in [5, 5.41) is 16.4. The van der Waals surface area contributed by atoms with E-state index in [-0.39, 0.29) is 17.5 Å². The van der Waals surface area contributed by atoms with E-state index in [9.17, 15) is 24.1 Å². The lowest BCUT2D eigenvalue weighted by Gasteiger charge is -2.34. The molecule has 11 heteroatoms. The zero-order chi connectivity index (χ0) is 24.9. The number of aliphatic imine (C=N–C) groups is 1. The fourth-order valence-electron chi connectivity index (χ4n) is 4.01. The number of piperazine rings is 1. The van der Waals surface area contributed by atoms with Gasteiger partial charge in [-0.05, 0) is 37.3 Å². The van der Waals surface area contributed by atoms with Crippen LogP contribution in [0.4, 0.5) is 15.8 Å². The lowest BCUT2D eigenvalue weighted by atomic mass is 10.1. The Morgan fingerprint density at radius 3 is 2.57 bits per heavy atom. The molecule has 2 aromatic rings. The summed E-state index contributed by atoms with van der Waals surface area (Å²) >= 11 is 0. The summed E-state index contributed by atoms with van der Waals surface area (Å²) in [5.41, 5.74) is 1.35. The average molecular weight is 481 g/mol. The molecule has 0 saturated carbocycles. The lowest BCUT2D eigenvalue weighted by molar-refractivity contribution is -0.384. The van der Waals surface area contributed by atoms with E-state index >= 15 is 0 Å². The minimum atomic E-state index is -0.578. The number of hydrogen-bond donors (Lipinski definition) is 0. The average Bonchev–Trinajstić information content (AvgIpc) is 3.15. The van der Waals surface area contributed by atoms with Crippen molar-refractivity contribution >= 4 is 35.1 Å². The van der Waals surface area contributed by atoms with Gasteiger partial charge in [0.05, 0.1) is 22.9 Å². The molecule has 35 heavy (non-hydrogen) atoms. The van der Waals surface area contributed by atoms with Crippen LogP contribution in [0.5, 0.6) is 0 Å². The molecule has 0 N–H and O–H groups in total. The monoisotopic (exact) mass is 480 g/mol. The van der Waals surface area contributed by atoms with Gasteiger partial charge in [0, 0.05) is 56.6 Å². The first-order valence-corrected chi connectivity index (χ1v) is 11.2. The third-order valence-electron chi connectivity index (χ3n) is 6.02. The Morgan fingerprint density at radius 2 is 1.91 bits per heavy atom. The molecule has 0 spiro atoms. The fraction of sp³-hybridized carbons (Fsp3) is 0.333. The predicted molar refractivity (Wildman–Crippen MR) is 129 cm³/mol. The topological polar surface area (TPSA) is 112 Å². The molecule has 0 unspecified atom stereocenters. The second-order valence-corrected chi connectivity index (χ2v) is 8.34. The Labute approximate surface area is 201 Å². The third kappa shape index (κ3) is 5.57. The van der Waals surface area contributed by atoms with E-state index in [4.69, 9.17) is 0 Å². The number of carbonyl (C=O) groups excluding carboxylic acids is 2. The van der Waals surface area contributed by atoms with Crippen LogP contribution in [0.3, 0.4) is 0 Å². The van der Waals surface area contributed by atoms with Crippen LogP contribution in [0.25, 0.3) is 0 Å². The summed E-state index contributed by atoms with van der Waals surface area (Å²) in [6.07, 6.45) is 1.59. The summed E-state index contributed by atoms with van der Waals surface area (Å²) in [6, 6.07) is 11.4. The van der Waals surface area contributed by atoms with Gasteiger partial charge in [-0.2, -0.15) is 10.1 Å². The largest absolute Gasteiger partial charge is 0.336 e. The van der Waals surface area contributed by atoms with Crippen molar-refractivity contribution in [1.29, 1.82) is 0 Å². The van der Waals surface area contributed by atoms with Crippen molar-refractivity contribution in [1.82, 2.24) is 9.80 Å². The highest BCUT2D eigenvalue weighted by atomic mass is 19.1. The number of hydrogen-bond acceptors (Lipinski definition) is 7. The maximum atomic E-state index is 13.4.